The molecule has 0 bridgehead atoms. The van der Waals surface area contributed by atoms with Gasteiger partial charge >= 0.3 is 6.03 Å². The van der Waals surface area contributed by atoms with E-state index >= 15 is 0 Å². The largest absolute Gasteiger partial charge is 0.326 e. The van der Waals surface area contributed by atoms with Crippen LogP contribution in [0, 0.1) is 0 Å². The SMILES string of the molecule is CN1CC(=O)N(CCCC(=O)Nc2ccccc2Cl)C1=O. The Bertz CT molecular complexity index is 576. The maximum Gasteiger partial charge on any atom is 0.326 e. The Morgan fingerprint density at radius 1 is 1.33 bits per heavy atom. The van der Waals surface area contributed by atoms with E-state index in [1.165, 1.54) is 9.80 Å². The average Bonchev–Trinajstić information content (AvgIpc) is 2.68. The standard InChI is InChI=1S/C14H16ClN3O3/c1-17-9-13(20)18(14(17)21)8-4-7-12(19)16-11-6-3-2-5-10(11)15/h2-3,5-6H,4,7-9H2,1H3,(H,16,19). The van der Waals surface area contributed by atoms with Crippen molar-refractivity contribution in [3.8, 4) is 0 Å². The summed E-state index contributed by atoms with van der Waals surface area (Å²) >= 11 is 5.94. The first-order valence-corrected chi connectivity index (χ1v) is 6.96. The van der Waals surface area contributed by atoms with Gasteiger partial charge in [-0.3, -0.25) is 14.5 Å². The molecule has 1 aliphatic rings. The molecule has 2 rings (SSSR count). The third-order valence-corrected chi connectivity index (χ3v) is 3.49. The van der Waals surface area contributed by atoms with Crippen LogP contribution in [-0.4, -0.2) is 47.8 Å². The number of likely N-dealkylation sites (N-methyl/N-ethyl adjacent to an activating group) is 1. The molecule has 0 unspecified atom stereocenters. The average molecular weight is 310 g/mol. The summed E-state index contributed by atoms with van der Waals surface area (Å²) in [6, 6.07) is 6.64. The quantitative estimate of drug-likeness (QED) is 0.845. The Kier molecular flexibility index (Phi) is 4.80. The lowest BCUT2D eigenvalue weighted by Gasteiger charge is -2.13. The highest BCUT2D eigenvalue weighted by atomic mass is 35.5. The minimum Gasteiger partial charge on any atom is -0.325 e. The molecule has 1 N–H and O–H groups in total. The molecule has 1 aromatic rings. The first-order chi connectivity index (χ1) is 9.99. The third kappa shape index (κ3) is 3.72. The van der Waals surface area contributed by atoms with Gasteiger partial charge < -0.3 is 10.2 Å². The Balaban J connectivity index is 1.79. The van der Waals surface area contributed by atoms with Gasteiger partial charge in [0.1, 0.15) is 6.54 Å². The number of hydrogen-bond acceptors (Lipinski definition) is 3. The molecule has 1 aromatic carbocycles. The van der Waals surface area contributed by atoms with Crippen molar-refractivity contribution in [2.24, 2.45) is 0 Å². The Morgan fingerprint density at radius 2 is 2.05 bits per heavy atom. The van der Waals surface area contributed by atoms with Crippen molar-refractivity contribution in [1.82, 2.24) is 9.80 Å². The van der Waals surface area contributed by atoms with Crippen LogP contribution in [0.3, 0.4) is 0 Å². The summed E-state index contributed by atoms with van der Waals surface area (Å²) in [5.41, 5.74) is 0.553. The summed E-state index contributed by atoms with van der Waals surface area (Å²) in [6.45, 7) is 0.350. The lowest BCUT2D eigenvalue weighted by molar-refractivity contribution is -0.125. The predicted octanol–water partition coefficient (Wildman–Crippen LogP) is 1.95. The van der Waals surface area contributed by atoms with E-state index in [4.69, 9.17) is 11.6 Å². The minimum absolute atomic E-state index is 0.102. The summed E-state index contributed by atoms with van der Waals surface area (Å²) in [5, 5.41) is 3.17. The summed E-state index contributed by atoms with van der Waals surface area (Å²) in [5.74, 6) is -0.426. The highest BCUT2D eigenvalue weighted by Gasteiger charge is 2.32. The molecule has 112 valence electrons. The Hall–Kier alpha value is -2.08. The molecule has 0 radical (unpaired) electrons. The predicted molar refractivity (Wildman–Crippen MR) is 79.1 cm³/mol. The van der Waals surface area contributed by atoms with Crippen LogP contribution in [0.25, 0.3) is 0 Å². The van der Waals surface area contributed by atoms with Gasteiger partial charge in [0.25, 0.3) is 0 Å². The van der Waals surface area contributed by atoms with Gasteiger partial charge in [-0.15, -0.1) is 0 Å². The molecule has 1 aliphatic heterocycles. The fraction of sp³-hybridized carbons (Fsp3) is 0.357. The van der Waals surface area contributed by atoms with Crippen molar-refractivity contribution in [2.45, 2.75) is 12.8 Å². The van der Waals surface area contributed by atoms with Gasteiger partial charge in [-0.05, 0) is 18.6 Å². The molecule has 0 atom stereocenters. The molecule has 1 heterocycles. The number of urea groups is 1. The van der Waals surface area contributed by atoms with Crippen LogP contribution in [0.1, 0.15) is 12.8 Å². The lowest BCUT2D eigenvalue weighted by atomic mass is 10.2. The summed E-state index contributed by atoms with van der Waals surface area (Å²) < 4.78 is 0. The van der Waals surface area contributed by atoms with E-state index in [1.54, 1.807) is 31.3 Å². The summed E-state index contributed by atoms with van der Waals surface area (Å²) in [6.07, 6.45) is 0.633. The highest BCUT2D eigenvalue weighted by molar-refractivity contribution is 6.33. The number of para-hydroxylation sites is 1. The zero-order valence-corrected chi connectivity index (χ0v) is 12.4. The number of halogens is 1. The molecule has 21 heavy (non-hydrogen) atoms. The van der Waals surface area contributed by atoms with Crippen molar-refractivity contribution in [3.05, 3.63) is 29.3 Å². The van der Waals surface area contributed by atoms with Crippen LogP contribution < -0.4 is 5.32 Å². The zero-order chi connectivity index (χ0) is 15.4. The first-order valence-electron chi connectivity index (χ1n) is 6.59. The molecular weight excluding hydrogens is 294 g/mol. The van der Waals surface area contributed by atoms with Gasteiger partial charge in [-0.25, -0.2) is 4.79 Å². The van der Waals surface area contributed by atoms with Gasteiger partial charge in [0.2, 0.25) is 11.8 Å². The van der Waals surface area contributed by atoms with Crippen LogP contribution in [0.5, 0.6) is 0 Å². The molecule has 6 nitrogen and oxygen atoms in total. The summed E-state index contributed by atoms with van der Waals surface area (Å²) in [7, 11) is 1.57. The number of benzene rings is 1. The normalized spacial score (nSPS) is 14.8. The molecule has 7 heteroatoms. The van der Waals surface area contributed by atoms with E-state index in [9.17, 15) is 14.4 Å². The zero-order valence-electron chi connectivity index (χ0n) is 11.6. The van der Waals surface area contributed by atoms with Crippen molar-refractivity contribution < 1.29 is 14.4 Å². The van der Waals surface area contributed by atoms with E-state index in [-0.39, 0.29) is 37.4 Å². The molecule has 0 saturated carbocycles. The highest BCUT2D eigenvalue weighted by Crippen LogP contribution is 2.20. The van der Waals surface area contributed by atoms with Crippen LogP contribution >= 0.6 is 11.6 Å². The number of carbonyl (C=O) groups is 3. The maximum atomic E-state index is 11.8. The van der Waals surface area contributed by atoms with Gasteiger partial charge in [-0.1, -0.05) is 23.7 Å². The van der Waals surface area contributed by atoms with Gasteiger partial charge in [0, 0.05) is 20.0 Å². The topological polar surface area (TPSA) is 69.7 Å². The van der Waals surface area contributed by atoms with Crippen molar-refractivity contribution in [3.63, 3.8) is 0 Å². The number of amides is 4. The van der Waals surface area contributed by atoms with Crippen LogP contribution in [0.15, 0.2) is 24.3 Å². The number of carbonyl (C=O) groups excluding carboxylic acids is 3. The second kappa shape index (κ2) is 6.58. The van der Waals surface area contributed by atoms with E-state index in [0.717, 1.165) is 0 Å². The van der Waals surface area contributed by atoms with Crippen LogP contribution in [0.2, 0.25) is 5.02 Å². The fourth-order valence-corrected chi connectivity index (χ4v) is 2.24. The molecule has 0 aliphatic carbocycles. The smallest absolute Gasteiger partial charge is 0.325 e. The number of nitrogens with zero attached hydrogens (tertiary/aromatic N) is 2. The van der Waals surface area contributed by atoms with Gasteiger partial charge in [-0.2, -0.15) is 0 Å². The van der Waals surface area contributed by atoms with Crippen molar-refractivity contribution in [2.75, 3.05) is 25.5 Å². The van der Waals surface area contributed by atoms with Crippen LogP contribution in [-0.2, 0) is 9.59 Å². The Morgan fingerprint density at radius 3 is 2.67 bits per heavy atom. The van der Waals surface area contributed by atoms with Crippen molar-refractivity contribution in [1.29, 1.82) is 0 Å². The monoisotopic (exact) mass is 309 g/mol. The molecule has 1 saturated heterocycles. The molecule has 4 amide bonds. The maximum absolute atomic E-state index is 11.8. The molecule has 1 fully saturated rings. The number of hydrogen-bond donors (Lipinski definition) is 1. The second-order valence-electron chi connectivity index (χ2n) is 4.82. The summed E-state index contributed by atoms with van der Waals surface area (Å²) in [4.78, 5) is 37.5. The first kappa shape index (κ1) is 15.3. The van der Waals surface area contributed by atoms with E-state index < -0.39 is 0 Å². The lowest BCUT2D eigenvalue weighted by Crippen LogP contribution is -2.32. The molecular formula is C14H16ClN3O3. The number of anilines is 1. The number of nitrogens with one attached hydrogen (secondary N) is 1. The molecule has 0 spiro atoms. The number of rotatable bonds is 5. The van der Waals surface area contributed by atoms with Crippen molar-refractivity contribution >= 4 is 35.1 Å². The fourth-order valence-electron chi connectivity index (χ4n) is 2.06. The van der Waals surface area contributed by atoms with Crippen LogP contribution in [0.4, 0.5) is 10.5 Å². The third-order valence-electron chi connectivity index (χ3n) is 3.16. The van der Waals surface area contributed by atoms with Gasteiger partial charge in [0.05, 0.1) is 10.7 Å². The van der Waals surface area contributed by atoms with E-state index in [2.05, 4.69) is 5.32 Å². The minimum atomic E-state index is -0.313. The van der Waals surface area contributed by atoms with E-state index in [0.29, 0.717) is 17.1 Å². The Labute approximate surface area is 127 Å². The molecule has 0 aromatic heterocycles. The van der Waals surface area contributed by atoms with Gasteiger partial charge in [0.15, 0.2) is 0 Å². The van der Waals surface area contributed by atoms with E-state index in [1.807, 2.05) is 0 Å². The second-order valence-corrected chi connectivity index (χ2v) is 5.22. The number of imide groups is 1.